The lowest BCUT2D eigenvalue weighted by Crippen LogP contribution is -2.02. The van der Waals surface area contributed by atoms with Crippen LogP contribution in [0.15, 0.2) is 48.7 Å². The van der Waals surface area contributed by atoms with Crippen molar-refractivity contribution >= 4 is 56.9 Å². The largest absolute Gasteiger partial charge is 0.424 e. The molecule has 0 N–H and O–H groups in total. The molecule has 2 aromatic carbocycles. The van der Waals surface area contributed by atoms with Gasteiger partial charge in [-0.3, -0.25) is 13.8 Å². The molecule has 0 spiro atoms. The van der Waals surface area contributed by atoms with Crippen LogP contribution in [0.3, 0.4) is 0 Å². The highest BCUT2D eigenvalue weighted by Gasteiger charge is 2.21. The van der Waals surface area contributed by atoms with Crippen molar-refractivity contribution in [3.63, 3.8) is 0 Å². The Morgan fingerprint density at radius 2 is 1.76 bits per heavy atom. The van der Waals surface area contributed by atoms with Crippen molar-refractivity contribution < 1.29 is 9.53 Å². The smallest absolute Gasteiger partial charge is 0.308 e. The van der Waals surface area contributed by atoms with E-state index in [2.05, 4.69) is 0 Å². The first-order valence-corrected chi connectivity index (χ1v) is 9.62. The van der Waals surface area contributed by atoms with Crippen molar-refractivity contribution in [2.24, 2.45) is 0 Å². The van der Waals surface area contributed by atoms with E-state index in [1.807, 2.05) is 35.6 Å². The summed E-state index contributed by atoms with van der Waals surface area (Å²) in [4.78, 5) is 21.3. The fourth-order valence-electron chi connectivity index (χ4n) is 3.63. The molecule has 0 aliphatic rings. The molecule has 3 heterocycles. The predicted octanol–water partition coefficient (Wildman–Crippen LogP) is 5.37. The van der Waals surface area contributed by atoms with Crippen molar-refractivity contribution in [2.75, 3.05) is 0 Å². The highest BCUT2D eigenvalue weighted by atomic mass is 35.5. The summed E-state index contributed by atoms with van der Waals surface area (Å²) in [6.45, 7) is 3.27. The number of fused-ring (bicyclic) bond motifs is 5. The monoisotopic (exact) mass is 424 g/mol. The van der Waals surface area contributed by atoms with Gasteiger partial charge in [-0.15, -0.1) is 0 Å². The van der Waals surface area contributed by atoms with Crippen LogP contribution in [0.4, 0.5) is 0 Å². The van der Waals surface area contributed by atoms with Crippen molar-refractivity contribution in [3.05, 3.63) is 64.5 Å². The van der Waals surface area contributed by atoms with Gasteiger partial charge in [0.15, 0.2) is 17.0 Å². The average Bonchev–Trinajstić information content (AvgIpc) is 3.19. The van der Waals surface area contributed by atoms with E-state index in [1.54, 1.807) is 29.0 Å². The normalized spacial score (nSPS) is 11.6. The number of nitrogens with zero attached hydrogens (tertiary/aromatic N) is 4. The Balaban J connectivity index is 1.94. The summed E-state index contributed by atoms with van der Waals surface area (Å²) >= 11 is 12.4. The quantitative estimate of drug-likeness (QED) is 0.357. The summed E-state index contributed by atoms with van der Waals surface area (Å²) in [6.07, 6.45) is 1.71. The van der Waals surface area contributed by atoms with Gasteiger partial charge in [-0.05, 0) is 37.3 Å². The number of carbonyl (C=O) groups excluding carboxylic acids is 1. The first kappa shape index (κ1) is 18.0. The summed E-state index contributed by atoms with van der Waals surface area (Å²) in [7, 11) is 0. The molecule has 3 aromatic heterocycles. The van der Waals surface area contributed by atoms with Crippen LogP contribution in [0.2, 0.25) is 10.0 Å². The van der Waals surface area contributed by atoms with Gasteiger partial charge in [-0.1, -0.05) is 35.3 Å². The van der Waals surface area contributed by atoms with Gasteiger partial charge in [-0.25, -0.2) is 9.97 Å². The minimum Gasteiger partial charge on any atom is -0.424 e. The van der Waals surface area contributed by atoms with Gasteiger partial charge in [0.25, 0.3) is 0 Å². The second-order valence-corrected chi connectivity index (χ2v) is 7.57. The molecule has 0 bridgehead atoms. The van der Waals surface area contributed by atoms with Crippen molar-refractivity contribution in [3.8, 4) is 11.4 Å². The first-order valence-electron chi connectivity index (χ1n) is 8.86. The van der Waals surface area contributed by atoms with Crippen molar-refractivity contribution in [2.45, 2.75) is 13.8 Å². The maximum absolute atomic E-state index is 11.8. The SMILES string of the molecule is CC(=O)Oc1cn(-c2cc(Cl)cc(Cl)c2)c2nc(C)n3c4ccccc4nc3c12. The zero-order valence-corrected chi connectivity index (χ0v) is 17.0. The molecule has 0 radical (unpaired) electrons. The molecule has 0 saturated heterocycles. The lowest BCUT2D eigenvalue weighted by Gasteiger charge is -2.08. The first-order chi connectivity index (χ1) is 13.9. The number of hydrogen-bond acceptors (Lipinski definition) is 4. The summed E-state index contributed by atoms with van der Waals surface area (Å²) in [5.41, 5.74) is 3.73. The number of carbonyl (C=O) groups is 1. The van der Waals surface area contributed by atoms with E-state index in [4.69, 9.17) is 37.9 Å². The number of esters is 1. The number of aryl methyl sites for hydroxylation is 1. The number of halogens is 2. The Morgan fingerprint density at radius 3 is 2.48 bits per heavy atom. The van der Waals surface area contributed by atoms with Crippen LogP contribution < -0.4 is 4.74 Å². The predicted molar refractivity (Wildman–Crippen MR) is 113 cm³/mol. The summed E-state index contributed by atoms with van der Waals surface area (Å²) in [5.74, 6) is 0.697. The molecule has 144 valence electrons. The third-order valence-corrected chi connectivity index (χ3v) is 5.14. The molecule has 0 amide bonds. The van der Waals surface area contributed by atoms with E-state index in [0.717, 1.165) is 16.9 Å². The Bertz CT molecular complexity index is 1430. The maximum atomic E-state index is 11.8. The zero-order valence-electron chi connectivity index (χ0n) is 15.5. The molecule has 5 aromatic rings. The van der Waals surface area contributed by atoms with Gasteiger partial charge in [0.2, 0.25) is 0 Å². The van der Waals surface area contributed by atoms with Gasteiger partial charge >= 0.3 is 5.97 Å². The van der Waals surface area contributed by atoms with Crippen LogP contribution in [0.1, 0.15) is 12.7 Å². The van der Waals surface area contributed by atoms with E-state index in [9.17, 15) is 4.79 Å². The van der Waals surface area contributed by atoms with Crippen molar-refractivity contribution in [1.82, 2.24) is 18.9 Å². The van der Waals surface area contributed by atoms with Gasteiger partial charge in [0.1, 0.15) is 11.2 Å². The number of rotatable bonds is 2. The standard InChI is InChI=1S/C21H14Cl2N4O2/c1-11-24-20-19(21-25-16-5-3-4-6-17(16)27(11)21)18(29-12(2)28)10-26(20)15-8-13(22)7-14(23)9-15/h3-10H,1-2H3. The molecule has 0 fully saturated rings. The topological polar surface area (TPSA) is 61.4 Å². The highest BCUT2D eigenvalue weighted by molar-refractivity contribution is 6.34. The minimum atomic E-state index is -0.428. The number of imidazole rings is 1. The second kappa shape index (κ2) is 6.47. The zero-order chi connectivity index (χ0) is 20.3. The van der Waals surface area contributed by atoms with Crippen LogP contribution >= 0.6 is 23.2 Å². The second-order valence-electron chi connectivity index (χ2n) is 6.70. The number of para-hydroxylation sites is 2. The van der Waals surface area contributed by atoms with E-state index in [1.165, 1.54) is 6.92 Å². The Hall–Kier alpha value is -3.09. The molecule has 0 aliphatic carbocycles. The number of ether oxygens (including phenoxy) is 1. The van der Waals surface area contributed by atoms with E-state index < -0.39 is 5.97 Å². The molecule has 5 rings (SSSR count). The van der Waals surface area contributed by atoms with Crippen LogP contribution in [-0.4, -0.2) is 24.9 Å². The Kier molecular flexibility index (Phi) is 4.01. The van der Waals surface area contributed by atoms with Crippen LogP contribution in [0, 0.1) is 6.92 Å². The van der Waals surface area contributed by atoms with E-state index >= 15 is 0 Å². The molecule has 0 atom stereocenters. The summed E-state index contributed by atoms with van der Waals surface area (Å²) in [6, 6.07) is 13.0. The van der Waals surface area contributed by atoms with Crippen LogP contribution in [0.5, 0.6) is 5.75 Å². The van der Waals surface area contributed by atoms with Gasteiger partial charge < -0.3 is 4.74 Å². The molecule has 0 unspecified atom stereocenters. The van der Waals surface area contributed by atoms with Crippen LogP contribution in [0.25, 0.3) is 33.4 Å². The molecular weight excluding hydrogens is 411 g/mol. The third-order valence-electron chi connectivity index (χ3n) is 4.70. The molecule has 29 heavy (non-hydrogen) atoms. The average molecular weight is 425 g/mol. The van der Waals surface area contributed by atoms with Gasteiger partial charge in [-0.2, -0.15) is 0 Å². The number of aromatic nitrogens is 4. The molecule has 8 heteroatoms. The highest BCUT2D eigenvalue weighted by Crippen LogP contribution is 2.36. The Morgan fingerprint density at radius 1 is 1.03 bits per heavy atom. The summed E-state index contributed by atoms with van der Waals surface area (Å²) < 4.78 is 9.28. The molecule has 0 saturated carbocycles. The van der Waals surface area contributed by atoms with E-state index in [0.29, 0.717) is 38.2 Å². The van der Waals surface area contributed by atoms with E-state index in [-0.39, 0.29) is 0 Å². The molecular formula is C21H14Cl2N4O2. The lowest BCUT2D eigenvalue weighted by atomic mass is 10.3. The third kappa shape index (κ3) is 2.84. The minimum absolute atomic E-state index is 0.372. The Labute approximate surface area is 175 Å². The van der Waals surface area contributed by atoms with Crippen molar-refractivity contribution in [1.29, 1.82) is 0 Å². The fraction of sp³-hybridized carbons (Fsp3) is 0.0952. The lowest BCUT2D eigenvalue weighted by molar-refractivity contribution is -0.131. The molecule has 6 nitrogen and oxygen atoms in total. The molecule has 0 aliphatic heterocycles. The van der Waals surface area contributed by atoms with Gasteiger partial charge in [0, 0.05) is 17.0 Å². The summed E-state index contributed by atoms with van der Waals surface area (Å²) in [5, 5.41) is 1.62. The number of hydrogen-bond donors (Lipinski definition) is 0. The maximum Gasteiger partial charge on any atom is 0.308 e. The van der Waals surface area contributed by atoms with Crippen LogP contribution in [-0.2, 0) is 4.79 Å². The van der Waals surface area contributed by atoms with Gasteiger partial charge in [0.05, 0.1) is 22.9 Å². The fourth-order valence-corrected chi connectivity index (χ4v) is 4.14. The number of benzene rings is 2.